The van der Waals surface area contributed by atoms with Gasteiger partial charge in [0.2, 0.25) is 5.91 Å². The molecule has 9 nitrogen and oxygen atoms in total. The predicted molar refractivity (Wildman–Crippen MR) is 180 cm³/mol. The molecule has 2 heterocycles. The van der Waals surface area contributed by atoms with Gasteiger partial charge in [-0.15, -0.1) is 0 Å². The molecule has 2 aromatic heterocycles. The predicted octanol–water partition coefficient (Wildman–Crippen LogP) is 6.26. The fourth-order valence-electron chi connectivity index (χ4n) is 5.52. The largest absolute Gasteiger partial charge is 0.326 e. The lowest BCUT2D eigenvalue weighted by molar-refractivity contribution is -0.133. The highest BCUT2D eigenvalue weighted by Crippen LogP contribution is 2.29. The lowest BCUT2D eigenvalue weighted by atomic mass is 9.82. The number of amides is 2. The summed E-state index contributed by atoms with van der Waals surface area (Å²) in [5, 5.41) is 7.44. The quantitative estimate of drug-likeness (QED) is 0.0988. The Bertz CT molecular complexity index is 1780. The highest BCUT2D eigenvalue weighted by molar-refractivity contribution is 6.18. The standard InChI is InChI=1S/C37H37N5O4/c1-25(43)10-4-2-3-5-17-33(45)41-30-20-18-29(19-21-30)37(38,32(44)24-28-13-6-11-26-14-8-22-39-34(26)28)36(46)42-31-16-7-12-27-15-9-23-40-35(27)31/h6-9,11-16,18-23H,2-5,10,17,24,38H2,1H3,(H,41,45)(H,42,46). The van der Waals surface area contributed by atoms with Gasteiger partial charge in [-0.25, -0.2) is 0 Å². The van der Waals surface area contributed by atoms with E-state index in [0.29, 0.717) is 47.2 Å². The molecule has 1 atom stereocenters. The molecule has 234 valence electrons. The maximum Gasteiger partial charge on any atom is 0.256 e. The Morgan fingerprint density at radius 3 is 2.00 bits per heavy atom. The number of Topliss-reactive ketones (excluding diaryl/α,β-unsaturated/α-hetero) is 2. The van der Waals surface area contributed by atoms with Crippen LogP contribution in [0.5, 0.6) is 0 Å². The lowest BCUT2D eigenvalue weighted by Crippen LogP contribution is -2.55. The van der Waals surface area contributed by atoms with Crippen molar-refractivity contribution in [3.63, 3.8) is 0 Å². The summed E-state index contributed by atoms with van der Waals surface area (Å²) in [6.45, 7) is 1.58. The van der Waals surface area contributed by atoms with Crippen molar-refractivity contribution in [3.8, 4) is 0 Å². The maximum absolute atomic E-state index is 14.1. The zero-order valence-electron chi connectivity index (χ0n) is 25.8. The lowest BCUT2D eigenvalue weighted by Gasteiger charge is -2.28. The highest BCUT2D eigenvalue weighted by atomic mass is 16.2. The molecule has 0 saturated carbocycles. The number of anilines is 2. The molecule has 0 bridgehead atoms. The minimum Gasteiger partial charge on any atom is -0.326 e. The SMILES string of the molecule is CC(=O)CCCCCCC(=O)Nc1ccc(C(N)(C(=O)Cc2cccc3cccnc23)C(=O)Nc2cccc3cccnc23)cc1. The Balaban J connectivity index is 1.37. The first kappa shape index (κ1) is 32.1. The molecule has 5 aromatic rings. The van der Waals surface area contributed by atoms with Gasteiger partial charge >= 0.3 is 0 Å². The van der Waals surface area contributed by atoms with Gasteiger partial charge in [-0.1, -0.05) is 67.4 Å². The van der Waals surface area contributed by atoms with Crippen molar-refractivity contribution in [1.29, 1.82) is 0 Å². The Kier molecular flexibility index (Phi) is 10.2. The number of hydrogen-bond acceptors (Lipinski definition) is 7. The van der Waals surface area contributed by atoms with Gasteiger partial charge in [0.1, 0.15) is 5.78 Å². The highest BCUT2D eigenvalue weighted by Gasteiger charge is 2.43. The van der Waals surface area contributed by atoms with E-state index in [1.807, 2.05) is 42.5 Å². The van der Waals surface area contributed by atoms with E-state index in [-0.39, 0.29) is 23.7 Å². The van der Waals surface area contributed by atoms with E-state index < -0.39 is 17.2 Å². The summed E-state index contributed by atoms with van der Waals surface area (Å²) in [6, 6.07) is 24.9. The molecule has 0 spiro atoms. The third kappa shape index (κ3) is 7.50. The number of aromatic nitrogens is 2. The summed E-state index contributed by atoms with van der Waals surface area (Å²) in [4.78, 5) is 60.7. The molecule has 2 amide bonds. The van der Waals surface area contributed by atoms with Crippen LogP contribution >= 0.6 is 0 Å². The molecule has 5 rings (SSSR count). The Morgan fingerprint density at radius 2 is 1.30 bits per heavy atom. The Morgan fingerprint density at radius 1 is 0.696 bits per heavy atom. The summed E-state index contributed by atoms with van der Waals surface area (Å²) in [5.74, 6) is -1.18. The van der Waals surface area contributed by atoms with E-state index in [2.05, 4.69) is 20.6 Å². The zero-order valence-corrected chi connectivity index (χ0v) is 25.8. The van der Waals surface area contributed by atoms with E-state index in [1.165, 1.54) is 0 Å². The van der Waals surface area contributed by atoms with Crippen LogP contribution in [0.3, 0.4) is 0 Å². The van der Waals surface area contributed by atoms with E-state index in [9.17, 15) is 19.2 Å². The number of nitrogens with two attached hydrogens (primary N) is 1. The number of para-hydroxylation sites is 2. The third-order valence-corrected chi connectivity index (χ3v) is 8.05. The average Bonchev–Trinajstić information content (AvgIpc) is 3.06. The van der Waals surface area contributed by atoms with Gasteiger partial charge in [-0.2, -0.15) is 0 Å². The number of carbonyl (C=O) groups is 4. The summed E-state index contributed by atoms with van der Waals surface area (Å²) in [5.41, 5.74) is 7.91. The number of benzene rings is 3. The normalized spacial score (nSPS) is 12.4. The first-order valence-corrected chi connectivity index (χ1v) is 15.5. The molecule has 1 unspecified atom stereocenters. The summed E-state index contributed by atoms with van der Waals surface area (Å²) in [7, 11) is 0. The molecular formula is C37H37N5O4. The molecular weight excluding hydrogens is 578 g/mol. The maximum atomic E-state index is 14.1. The zero-order chi connectivity index (χ0) is 32.5. The fraction of sp³-hybridized carbons (Fsp3) is 0.243. The van der Waals surface area contributed by atoms with Crippen LogP contribution < -0.4 is 16.4 Å². The number of fused-ring (bicyclic) bond motifs is 2. The number of nitrogens with zero attached hydrogens (tertiary/aromatic N) is 2. The molecule has 4 N–H and O–H groups in total. The number of ketones is 2. The van der Waals surface area contributed by atoms with Crippen molar-refractivity contribution in [2.75, 3.05) is 10.6 Å². The number of nitrogens with one attached hydrogen (secondary N) is 2. The van der Waals surface area contributed by atoms with Gasteiger partial charge in [0.25, 0.3) is 5.91 Å². The smallest absolute Gasteiger partial charge is 0.256 e. The topological polar surface area (TPSA) is 144 Å². The molecule has 0 radical (unpaired) electrons. The van der Waals surface area contributed by atoms with E-state index in [1.54, 1.807) is 61.8 Å². The third-order valence-electron chi connectivity index (χ3n) is 8.05. The molecule has 46 heavy (non-hydrogen) atoms. The molecule has 9 heteroatoms. The monoisotopic (exact) mass is 615 g/mol. The van der Waals surface area contributed by atoms with Gasteiger partial charge in [0.15, 0.2) is 11.3 Å². The fourth-order valence-corrected chi connectivity index (χ4v) is 5.52. The minimum atomic E-state index is -2.07. The molecule has 0 saturated heterocycles. The Hall–Kier alpha value is -5.28. The number of unbranched alkanes of at least 4 members (excludes halogenated alkanes) is 3. The first-order valence-electron chi connectivity index (χ1n) is 15.5. The van der Waals surface area contributed by atoms with E-state index in [4.69, 9.17) is 5.73 Å². The molecule has 0 aliphatic carbocycles. The van der Waals surface area contributed by atoms with Crippen molar-refractivity contribution >= 4 is 56.6 Å². The van der Waals surface area contributed by atoms with Crippen molar-refractivity contribution in [3.05, 3.63) is 108 Å². The second-order valence-electron chi connectivity index (χ2n) is 11.5. The van der Waals surface area contributed by atoms with Crippen LogP contribution in [0.25, 0.3) is 21.8 Å². The molecule has 0 aliphatic rings. The van der Waals surface area contributed by atoms with Crippen molar-refractivity contribution in [2.45, 2.75) is 57.4 Å². The van der Waals surface area contributed by atoms with Crippen LogP contribution in [0.2, 0.25) is 0 Å². The van der Waals surface area contributed by atoms with Crippen molar-refractivity contribution in [2.24, 2.45) is 5.73 Å². The van der Waals surface area contributed by atoms with Gasteiger partial charge in [-0.3, -0.25) is 24.4 Å². The van der Waals surface area contributed by atoms with Crippen LogP contribution in [-0.4, -0.2) is 33.3 Å². The van der Waals surface area contributed by atoms with Crippen molar-refractivity contribution in [1.82, 2.24) is 9.97 Å². The number of pyridine rings is 2. The number of rotatable bonds is 14. The summed E-state index contributed by atoms with van der Waals surface area (Å²) < 4.78 is 0. The second kappa shape index (κ2) is 14.7. The number of carbonyl (C=O) groups excluding carboxylic acids is 4. The van der Waals surface area contributed by atoms with Crippen LogP contribution in [0, 0.1) is 0 Å². The first-order chi connectivity index (χ1) is 22.3. The summed E-state index contributed by atoms with van der Waals surface area (Å²) >= 11 is 0. The van der Waals surface area contributed by atoms with E-state index >= 15 is 0 Å². The molecule has 0 fully saturated rings. The van der Waals surface area contributed by atoms with Gasteiger partial charge < -0.3 is 21.2 Å². The molecule has 0 aliphatic heterocycles. The average molecular weight is 616 g/mol. The van der Waals surface area contributed by atoms with E-state index in [0.717, 1.165) is 30.0 Å². The van der Waals surface area contributed by atoms with Crippen LogP contribution in [-0.2, 0) is 31.1 Å². The van der Waals surface area contributed by atoms with Crippen LogP contribution in [0.4, 0.5) is 11.4 Å². The van der Waals surface area contributed by atoms with Crippen molar-refractivity contribution < 1.29 is 19.2 Å². The summed E-state index contributed by atoms with van der Waals surface area (Å²) in [6.07, 6.45) is 7.40. The van der Waals surface area contributed by atoms with Crippen LogP contribution in [0.15, 0.2) is 97.3 Å². The second-order valence-corrected chi connectivity index (χ2v) is 11.5. The van der Waals surface area contributed by atoms with Gasteiger partial charge in [0.05, 0.1) is 16.7 Å². The van der Waals surface area contributed by atoms with Gasteiger partial charge in [-0.05, 0) is 61.2 Å². The molecule has 3 aromatic carbocycles. The Labute approximate surface area is 267 Å². The van der Waals surface area contributed by atoms with Crippen LogP contribution in [0.1, 0.15) is 56.6 Å². The minimum absolute atomic E-state index is 0.128. The van der Waals surface area contributed by atoms with Gasteiger partial charge in [0, 0.05) is 48.1 Å². The number of hydrogen-bond donors (Lipinski definition) is 3.